The van der Waals surface area contributed by atoms with E-state index in [1.807, 2.05) is 25.2 Å². The van der Waals surface area contributed by atoms with Crippen LogP contribution in [0.2, 0.25) is 0 Å². The first-order valence-corrected chi connectivity index (χ1v) is 7.37. The molecule has 0 bridgehead atoms. The van der Waals surface area contributed by atoms with Crippen LogP contribution in [0.4, 0.5) is 4.79 Å². The van der Waals surface area contributed by atoms with Gasteiger partial charge in [0, 0.05) is 5.56 Å². The number of hydrogen-bond donors (Lipinski definition) is 3. The van der Waals surface area contributed by atoms with Crippen LogP contribution < -0.4 is 15.8 Å². The van der Waals surface area contributed by atoms with Gasteiger partial charge in [0.05, 0.1) is 5.52 Å². The molecule has 0 saturated carbocycles. The maximum absolute atomic E-state index is 11.0. The van der Waals surface area contributed by atoms with Crippen molar-refractivity contribution in [1.82, 2.24) is 15.3 Å². The lowest BCUT2D eigenvalue weighted by Gasteiger charge is -2.02. The molecule has 0 radical (unpaired) electrons. The lowest BCUT2D eigenvalue weighted by Crippen LogP contribution is -2.16. The van der Waals surface area contributed by atoms with Crippen LogP contribution >= 0.6 is 0 Å². The van der Waals surface area contributed by atoms with Crippen LogP contribution in [-0.2, 0) is 6.42 Å². The molecule has 0 atom stereocenters. The number of imidazole rings is 1. The molecule has 23 heavy (non-hydrogen) atoms. The van der Waals surface area contributed by atoms with Crippen molar-refractivity contribution in [3.05, 3.63) is 48.0 Å². The molecule has 4 N–H and O–H groups in total. The zero-order chi connectivity index (χ0) is 16.2. The van der Waals surface area contributed by atoms with Crippen LogP contribution in [0, 0.1) is 0 Å². The van der Waals surface area contributed by atoms with Crippen molar-refractivity contribution in [3.63, 3.8) is 0 Å². The van der Waals surface area contributed by atoms with E-state index in [0.29, 0.717) is 11.3 Å². The van der Waals surface area contributed by atoms with Gasteiger partial charge in [-0.3, -0.25) is 0 Å². The SMILES string of the molecule is CNCCc1ccc(-c2nc3c(OC(N)=O)cccc3[nH]2)cc1. The Morgan fingerprint density at radius 1 is 1.26 bits per heavy atom. The fraction of sp³-hybridized carbons (Fsp3) is 0.176. The summed E-state index contributed by atoms with van der Waals surface area (Å²) in [6, 6.07) is 13.5. The summed E-state index contributed by atoms with van der Waals surface area (Å²) in [5.41, 5.74) is 8.69. The largest absolute Gasteiger partial charge is 0.410 e. The summed E-state index contributed by atoms with van der Waals surface area (Å²) in [5.74, 6) is 1.07. The molecule has 1 aromatic heterocycles. The molecule has 1 heterocycles. The summed E-state index contributed by atoms with van der Waals surface area (Å²) < 4.78 is 4.99. The molecule has 1 amide bonds. The van der Waals surface area contributed by atoms with E-state index in [1.54, 1.807) is 12.1 Å². The normalized spacial score (nSPS) is 10.8. The molecule has 0 aliphatic rings. The second kappa shape index (κ2) is 6.50. The molecule has 6 heteroatoms. The van der Waals surface area contributed by atoms with Crippen molar-refractivity contribution in [3.8, 4) is 17.1 Å². The Balaban J connectivity index is 1.92. The van der Waals surface area contributed by atoms with E-state index in [1.165, 1.54) is 5.56 Å². The van der Waals surface area contributed by atoms with E-state index < -0.39 is 6.09 Å². The third-order valence-corrected chi connectivity index (χ3v) is 3.58. The number of hydrogen-bond acceptors (Lipinski definition) is 4. The van der Waals surface area contributed by atoms with Crippen molar-refractivity contribution >= 4 is 17.1 Å². The molecule has 0 unspecified atom stereocenters. The number of carbonyl (C=O) groups is 1. The van der Waals surface area contributed by atoms with Crippen LogP contribution in [0.5, 0.6) is 5.75 Å². The molecule has 0 spiro atoms. The number of fused-ring (bicyclic) bond motifs is 1. The zero-order valence-electron chi connectivity index (χ0n) is 12.8. The summed E-state index contributed by atoms with van der Waals surface area (Å²) in [4.78, 5) is 18.7. The Bertz CT molecular complexity index is 824. The maximum atomic E-state index is 11.0. The second-order valence-electron chi connectivity index (χ2n) is 5.21. The van der Waals surface area contributed by atoms with E-state index in [2.05, 4.69) is 27.4 Å². The molecule has 6 nitrogen and oxygen atoms in total. The average Bonchev–Trinajstić information content (AvgIpc) is 2.98. The number of nitrogens with two attached hydrogens (primary N) is 1. The summed E-state index contributed by atoms with van der Waals surface area (Å²) in [6.45, 7) is 0.942. The molecule has 118 valence electrons. The van der Waals surface area contributed by atoms with Crippen LogP contribution in [0.1, 0.15) is 5.56 Å². The fourth-order valence-electron chi connectivity index (χ4n) is 2.43. The predicted molar refractivity (Wildman–Crippen MR) is 89.4 cm³/mol. The lowest BCUT2D eigenvalue weighted by molar-refractivity contribution is 0.211. The van der Waals surface area contributed by atoms with Crippen molar-refractivity contribution < 1.29 is 9.53 Å². The number of rotatable bonds is 5. The first kappa shape index (κ1) is 15.1. The number of aromatic nitrogens is 2. The monoisotopic (exact) mass is 310 g/mol. The number of H-pyrrole nitrogens is 1. The molecule has 3 rings (SSSR count). The average molecular weight is 310 g/mol. The Labute approximate surface area is 133 Å². The van der Waals surface area contributed by atoms with Gasteiger partial charge in [-0.25, -0.2) is 9.78 Å². The number of para-hydroxylation sites is 1. The molecule has 2 aromatic carbocycles. The van der Waals surface area contributed by atoms with Crippen LogP contribution in [0.25, 0.3) is 22.4 Å². The highest BCUT2D eigenvalue weighted by atomic mass is 16.5. The van der Waals surface area contributed by atoms with Gasteiger partial charge in [-0.1, -0.05) is 30.3 Å². The Hall–Kier alpha value is -2.86. The summed E-state index contributed by atoms with van der Waals surface area (Å²) >= 11 is 0. The molecule has 0 aliphatic carbocycles. The number of amides is 1. The summed E-state index contributed by atoms with van der Waals surface area (Å²) in [7, 11) is 1.94. The summed E-state index contributed by atoms with van der Waals surface area (Å²) in [6.07, 6.45) is 0.129. The van der Waals surface area contributed by atoms with Gasteiger partial charge in [0.15, 0.2) is 5.75 Å². The van der Waals surface area contributed by atoms with Crippen molar-refractivity contribution in [1.29, 1.82) is 0 Å². The predicted octanol–water partition coefficient (Wildman–Crippen LogP) is 2.45. The minimum atomic E-state index is -0.851. The van der Waals surface area contributed by atoms with Crippen LogP contribution in [0.15, 0.2) is 42.5 Å². The fourth-order valence-corrected chi connectivity index (χ4v) is 2.43. The maximum Gasteiger partial charge on any atom is 0.410 e. The number of primary amides is 1. The van der Waals surface area contributed by atoms with E-state index in [-0.39, 0.29) is 0 Å². The number of likely N-dealkylation sites (N-methyl/N-ethyl adjacent to an activating group) is 1. The Morgan fingerprint density at radius 3 is 2.74 bits per heavy atom. The number of nitrogens with one attached hydrogen (secondary N) is 2. The topological polar surface area (TPSA) is 93.0 Å². The molecular weight excluding hydrogens is 292 g/mol. The molecule has 3 aromatic rings. The summed E-state index contributed by atoms with van der Waals surface area (Å²) in [5, 5.41) is 3.13. The number of benzene rings is 2. The number of ether oxygens (including phenoxy) is 1. The van der Waals surface area contributed by atoms with Crippen molar-refractivity contribution in [2.24, 2.45) is 5.73 Å². The minimum Gasteiger partial charge on any atom is -0.408 e. The number of aromatic amines is 1. The van der Waals surface area contributed by atoms with Gasteiger partial charge in [-0.2, -0.15) is 0 Å². The molecule has 0 aliphatic heterocycles. The van der Waals surface area contributed by atoms with Crippen molar-refractivity contribution in [2.45, 2.75) is 6.42 Å². The Kier molecular flexibility index (Phi) is 4.25. The van der Waals surface area contributed by atoms with Gasteiger partial charge in [0.1, 0.15) is 11.3 Å². The highest BCUT2D eigenvalue weighted by molar-refractivity contribution is 5.87. The third kappa shape index (κ3) is 3.32. The van der Waals surface area contributed by atoms with Crippen LogP contribution in [0.3, 0.4) is 0 Å². The number of carbonyl (C=O) groups excluding carboxylic acids is 1. The highest BCUT2D eigenvalue weighted by Crippen LogP contribution is 2.27. The quantitative estimate of drug-likeness (QED) is 0.675. The lowest BCUT2D eigenvalue weighted by atomic mass is 10.1. The Morgan fingerprint density at radius 2 is 2.04 bits per heavy atom. The van der Waals surface area contributed by atoms with Gasteiger partial charge in [-0.05, 0) is 37.7 Å². The van der Waals surface area contributed by atoms with E-state index in [0.717, 1.165) is 29.9 Å². The standard InChI is InChI=1S/C17H18N4O2/c1-19-10-9-11-5-7-12(8-6-11)16-20-13-3-2-4-14(15(13)21-16)23-17(18)22/h2-8,19H,9-10H2,1H3,(H2,18,22)(H,20,21). The van der Waals surface area contributed by atoms with E-state index in [4.69, 9.17) is 10.5 Å². The van der Waals surface area contributed by atoms with Gasteiger partial charge >= 0.3 is 6.09 Å². The molecule has 0 saturated heterocycles. The van der Waals surface area contributed by atoms with Crippen LogP contribution in [-0.4, -0.2) is 29.7 Å². The number of nitrogens with zero attached hydrogens (tertiary/aromatic N) is 1. The van der Waals surface area contributed by atoms with E-state index in [9.17, 15) is 4.79 Å². The smallest absolute Gasteiger partial charge is 0.408 e. The molecular formula is C17H18N4O2. The van der Waals surface area contributed by atoms with E-state index >= 15 is 0 Å². The second-order valence-corrected chi connectivity index (χ2v) is 5.21. The van der Waals surface area contributed by atoms with Gasteiger partial charge < -0.3 is 20.8 Å². The first-order valence-electron chi connectivity index (χ1n) is 7.37. The molecule has 0 fully saturated rings. The highest BCUT2D eigenvalue weighted by Gasteiger charge is 2.11. The van der Waals surface area contributed by atoms with Gasteiger partial charge in [-0.15, -0.1) is 0 Å². The van der Waals surface area contributed by atoms with Gasteiger partial charge in [0.2, 0.25) is 0 Å². The van der Waals surface area contributed by atoms with Gasteiger partial charge in [0.25, 0.3) is 0 Å². The zero-order valence-corrected chi connectivity index (χ0v) is 12.8. The third-order valence-electron chi connectivity index (χ3n) is 3.58. The minimum absolute atomic E-state index is 0.350. The van der Waals surface area contributed by atoms with Crippen molar-refractivity contribution in [2.75, 3.05) is 13.6 Å². The first-order chi connectivity index (χ1) is 11.2.